The van der Waals surface area contributed by atoms with Gasteiger partial charge in [0.25, 0.3) is 0 Å². The summed E-state index contributed by atoms with van der Waals surface area (Å²) in [6, 6.07) is 6.57. The number of benzene rings is 1. The maximum Gasteiger partial charge on any atom is 0.224 e. The number of hydrogen-bond acceptors (Lipinski definition) is 4. The molecule has 0 aliphatic rings. The van der Waals surface area contributed by atoms with Crippen LogP contribution in [0.25, 0.3) is 0 Å². The zero-order valence-electron chi connectivity index (χ0n) is 10.7. The molecule has 0 saturated heterocycles. The maximum atomic E-state index is 13.8. The van der Waals surface area contributed by atoms with Crippen LogP contribution in [0.3, 0.4) is 0 Å². The first-order valence-corrected chi connectivity index (χ1v) is 6.67. The van der Waals surface area contributed by atoms with Gasteiger partial charge in [-0.05, 0) is 35.0 Å². The lowest BCUT2D eigenvalue weighted by Crippen LogP contribution is -2.15. The van der Waals surface area contributed by atoms with Crippen molar-refractivity contribution in [1.29, 1.82) is 0 Å². The standard InChI is InChI=1S/C13H14BrFN4/c1-3-16-13-17-8-9(14)12(18-13)19(2)11-7-5-4-6-10(11)15/h4-8H,3H2,1-2H3,(H,16,17,18). The molecule has 1 aromatic heterocycles. The fraction of sp³-hybridized carbons (Fsp3) is 0.231. The highest BCUT2D eigenvalue weighted by Gasteiger charge is 2.14. The number of nitrogens with one attached hydrogen (secondary N) is 1. The van der Waals surface area contributed by atoms with Crippen molar-refractivity contribution in [2.75, 3.05) is 23.8 Å². The molecular weight excluding hydrogens is 311 g/mol. The van der Waals surface area contributed by atoms with Gasteiger partial charge >= 0.3 is 0 Å². The Bertz CT molecular complexity index is 576. The Morgan fingerprint density at radius 1 is 1.37 bits per heavy atom. The van der Waals surface area contributed by atoms with Crippen LogP contribution >= 0.6 is 15.9 Å². The Kier molecular flexibility index (Phi) is 4.31. The van der Waals surface area contributed by atoms with Gasteiger partial charge in [-0.25, -0.2) is 9.37 Å². The third-order valence-electron chi connectivity index (χ3n) is 2.59. The predicted octanol–water partition coefficient (Wildman–Crippen LogP) is 3.58. The van der Waals surface area contributed by atoms with E-state index in [2.05, 4.69) is 31.2 Å². The largest absolute Gasteiger partial charge is 0.354 e. The Hall–Kier alpha value is -1.69. The topological polar surface area (TPSA) is 41.1 Å². The van der Waals surface area contributed by atoms with Crippen LogP contribution in [0.1, 0.15) is 6.92 Å². The molecule has 0 aliphatic heterocycles. The SMILES string of the molecule is CCNc1ncc(Br)c(N(C)c2ccccc2F)n1. The minimum atomic E-state index is -0.291. The number of aromatic nitrogens is 2. The highest BCUT2D eigenvalue weighted by Crippen LogP contribution is 2.30. The van der Waals surface area contributed by atoms with Gasteiger partial charge in [0.2, 0.25) is 5.95 Å². The normalized spacial score (nSPS) is 10.3. The Morgan fingerprint density at radius 2 is 2.11 bits per heavy atom. The molecule has 1 heterocycles. The van der Waals surface area contributed by atoms with E-state index in [1.807, 2.05) is 6.92 Å². The van der Waals surface area contributed by atoms with Crippen molar-refractivity contribution < 1.29 is 4.39 Å². The van der Waals surface area contributed by atoms with E-state index in [9.17, 15) is 4.39 Å². The number of halogens is 2. The summed E-state index contributed by atoms with van der Waals surface area (Å²) in [4.78, 5) is 10.2. The van der Waals surface area contributed by atoms with E-state index in [4.69, 9.17) is 0 Å². The van der Waals surface area contributed by atoms with Gasteiger partial charge in [-0.3, -0.25) is 0 Å². The summed E-state index contributed by atoms with van der Waals surface area (Å²) in [5, 5.41) is 3.03. The van der Waals surface area contributed by atoms with Crippen LogP contribution in [0.2, 0.25) is 0 Å². The average Bonchev–Trinajstić information content (AvgIpc) is 2.41. The lowest BCUT2D eigenvalue weighted by atomic mass is 10.3. The third-order valence-corrected chi connectivity index (χ3v) is 3.15. The number of para-hydroxylation sites is 1. The van der Waals surface area contributed by atoms with E-state index in [0.29, 0.717) is 21.9 Å². The molecule has 0 fully saturated rings. The first-order valence-electron chi connectivity index (χ1n) is 5.88. The number of nitrogens with zero attached hydrogens (tertiary/aromatic N) is 3. The molecular formula is C13H14BrFN4. The highest BCUT2D eigenvalue weighted by atomic mass is 79.9. The second-order valence-electron chi connectivity index (χ2n) is 3.91. The second kappa shape index (κ2) is 5.97. The fourth-order valence-corrected chi connectivity index (χ4v) is 2.13. The van der Waals surface area contributed by atoms with E-state index >= 15 is 0 Å². The molecule has 0 amide bonds. The first-order chi connectivity index (χ1) is 9.13. The third kappa shape index (κ3) is 3.01. The second-order valence-corrected chi connectivity index (χ2v) is 4.76. The molecule has 100 valence electrons. The lowest BCUT2D eigenvalue weighted by Gasteiger charge is -2.20. The molecule has 0 spiro atoms. The molecule has 0 atom stereocenters. The van der Waals surface area contributed by atoms with Gasteiger partial charge in [0, 0.05) is 19.8 Å². The van der Waals surface area contributed by atoms with Crippen LogP contribution in [-0.2, 0) is 0 Å². The first kappa shape index (κ1) is 13.7. The molecule has 0 aliphatic carbocycles. The van der Waals surface area contributed by atoms with Crippen LogP contribution in [0.4, 0.5) is 21.8 Å². The van der Waals surface area contributed by atoms with Gasteiger partial charge in [-0.15, -0.1) is 0 Å². The van der Waals surface area contributed by atoms with E-state index in [0.717, 1.165) is 6.54 Å². The Labute approximate surface area is 119 Å². The molecule has 0 saturated carbocycles. The van der Waals surface area contributed by atoms with Crippen molar-refractivity contribution in [3.63, 3.8) is 0 Å². The summed E-state index contributed by atoms with van der Waals surface area (Å²) < 4.78 is 14.5. The summed E-state index contributed by atoms with van der Waals surface area (Å²) in [5.41, 5.74) is 0.462. The molecule has 0 radical (unpaired) electrons. The molecule has 6 heteroatoms. The van der Waals surface area contributed by atoms with Gasteiger partial charge in [0.15, 0.2) is 5.82 Å². The van der Waals surface area contributed by atoms with Gasteiger partial charge < -0.3 is 10.2 Å². The van der Waals surface area contributed by atoms with Gasteiger partial charge in [-0.2, -0.15) is 4.98 Å². The molecule has 19 heavy (non-hydrogen) atoms. The van der Waals surface area contributed by atoms with Crippen LogP contribution in [0.5, 0.6) is 0 Å². The molecule has 2 rings (SSSR count). The fourth-order valence-electron chi connectivity index (χ4n) is 1.67. The molecule has 4 nitrogen and oxygen atoms in total. The zero-order valence-corrected chi connectivity index (χ0v) is 12.3. The molecule has 1 N–H and O–H groups in total. The van der Waals surface area contributed by atoms with Crippen molar-refractivity contribution in [2.24, 2.45) is 0 Å². The summed E-state index contributed by atoms with van der Waals surface area (Å²) >= 11 is 3.39. The highest BCUT2D eigenvalue weighted by molar-refractivity contribution is 9.10. The summed E-state index contributed by atoms with van der Waals surface area (Å²) in [6.45, 7) is 2.69. The monoisotopic (exact) mass is 324 g/mol. The zero-order chi connectivity index (χ0) is 13.8. The van der Waals surface area contributed by atoms with Crippen LogP contribution in [0.15, 0.2) is 34.9 Å². The molecule has 0 bridgehead atoms. The van der Waals surface area contributed by atoms with Crippen molar-refractivity contribution in [3.05, 3.63) is 40.8 Å². The predicted molar refractivity (Wildman–Crippen MR) is 78.4 cm³/mol. The number of hydrogen-bond donors (Lipinski definition) is 1. The maximum absolute atomic E-state index is 13.8. The van der Waals surface area contributed by atoms with Crippen molar-refractivity contribution in [2.45, 2.75) is 6.92 Å². The minimum Gasteiger partial charge on any atom is -0.354 e. The minimum absolute atomic E-state index is 0.291. The lowest BCUT2D eigenvalue weighted by molar-refractivity contribution is 0.627. The van der Waals surface area contributed by atoms with Crippen molar-refractivity contribution >= 4 is 33.4 Å². The van der Waals surface area contributed by atoms with Gasteiger partial charge in [-0.1, -0.05) is 12.1 Å². The average molecular weight is 325 g/mol. The van der Waals surface area contributed by atoms with Crippen LogP contribution < -0.4 is 10.2 Å². The van der Waals surface area contributed by atoms with E-state index in [1.165, 1.54) is 6.07 Å². The summed E-state index contributed by atoms with van der Waals surface area (Å²) in [6.07, 6.45) is 1.65. The van der Waals surface area contributed by atoms with E-state index < -0.39 is 0 Å². The Morgan fingerprint density at radius 3 is 2.79 bits per heavy atom. The number of rotatable bonds is 4. The molecule has 0 unspecified atom stereocenters. The van der Waals surface area contributed by atoms with Crippen molar-refractivity contribution in [1.82, 2.24) is 9.97 Å². The molecule has 1 aromatic carbocycles. The van der Waals surface area contributed by atoms with Crippen LogP contribution in [-0.4, -0.2) is 23.6 Å². The summed E-state index contributed by atoms with van der Waals surface area (Å²) in [5.74, 6) is 0.834. The number of anilines is 3. The van der Waals surface area contributed by atoms with Gasteiger partial charge in [0.1, 0.15) is 5.82 Å². The van der Waals surface area contributed by atoms with Crippen molar-refractivity contribution in [3.8, 4) is 0 Å². The summed E-state index contributed by atoms with van der Waals surface area (Å²) in [7, 11) is 1.77. The van der Waals surface area contributed by atoms with Gasteiger partial charge in [0.05, 0.1) is 10.2 Å². The van der Waals surface area contributed by atoms with E-state index in [1.54, 1.807) is 36.3 Å². The quantitative estimate of drug-likeness (QED) is 0.933. The smallest absolute Gasteiger partial charge is 0.224 e. The molecule has 2 aromatic rings. The van der Waals surface area contributed by atoms with Crippen LogP contribution in [0, 0.1) is 5.82 Å². The van der Waals surface area contributed by atoms with E-state index in [-0.39, 0.29) is 5.82 Å². The Balaban J connectivity index is 2.40.